The summed E-state index contributed by atoms with van der Waals surface area (Å²) in [6.07, 6.45) is 2.89. The van der Waals surface area contributed by atoms with Gasteiger partial charge >= 0.3 is 0 Å². The van der Waals surface area contributed by atoms with Gasteiger partial charge in [0, 0.05) is 31.9 Å². The van der Waals surface area contributed by atoms with Crippen LogP contribution in [0.1, 0.15) is 10.5 Å². The monoisotopic (exact) mass is 432 g/mol. The van der Waals surface area contributed by atoms with Crippen LogP contribution in [0.3, 0.4) is 0 Å². The molecule has 0 unspecified atom stereocenters. The number of sulfonamides is 1. The number of imidazole rings is 1. The van der Waals surface area contributed by atoms with Crippen molar-refractivity contribution >= 4 is 15.9 Å². The molecule has 0 saturated carbocycles. The number of halogens is 2. The van der Waals surface area contributed by atoms with E-state index in [1.807, 2.05) is 0 Å². The maximum Gasteiger partial charge on any atom is 0.272 e. The lowest BCUT2D eigenvalue weighted by atomic mass is 10.2. The third-order valence-corrected chi connectivity index (χ3v) is 6.85. The van der Waals surface area contributed by atoms with E-state index in [4.69, 9.17) is 0 Å². The predicted octanol–water partition coefficient (Wildman–Crippen LogP) is 2.30. The van der Waals surface area contributed by atoms with Gasteiger partial charge in [0.25, 0.3) is 5.91 Å². The first-order valence-electron chi connectivity index (χ1n) is 9.19. The number of hydrogen-bond acceptors (Lipinski definition) is 4. The van der Waals surface area contributed by atoms with E-state index in [-0.39, 0.29) is 42.8 Å². The molecular formula is C20H18F2N4O3S. The lowest BCUT2D eigenvalue weighted by molar-refractivity contribution is 0.0690. The Kier molecular flexibility index (Phi) is 5.35. The van der Waals surface area contributed by atoms with Gasteiger partial charge in [-0.1, -0.05) is 0 Å². The van der Waals surface area contributed by atoms with E-state index < -0.39 is 15.8 Å². The highest BCUT2D eigenvalue weighted by Gasteiger charge is 2.31. The first-order valence-corrected chi connectivity index (χ1v) is 10.6. The van der Waals surface area contributed by atoms with Crippen LogP contribution in [-0.4, -0.2) is 59.3 Å². The number of amides is 1. The van der Waals surface area contributed by atoms with E-state index >= 15 is 0 Å². The van der Waals surface area contributed by atoms with Crippen LogP contribution in [-0.2, 0) is 10.0 Å². The molecule has 0 radical (unpaired) electrons. The SMILES string of the molecule is O=C(c1cncn1-c1ccc(F)cc1)N1CCN(S(=O)(=O)c2ccc(F)cc2)CC1. The summed E-state index contributed by atoms with van der Waals surface area (Å²) >= 11 is 0. The van der Waals surface area contributed by atoms with Gasteiger partial charge < -0.3 is 4.90 Å². The van der Waals surface area contributed by atoms with E-state index in [0.29, 0.717) is 11.4 Å². The second-order valence-electron chi connectivity index (χ2n) is 6.78. The lowest BCUT2D eigenvalue weighted by Crippen LogP contribution is -2.50. The summed E-state index contributed by atoms with van der Waals surface area (Å²) in [5, 5.41) is 0. The van der Waals surface area contributed by atoms with Crippen molar-refractivity contribution in [1.29, 1.82) is 0 Å². The smallest absolute Gasteiger partial charge is 0.272 e. The molecular weight excluding hydrogens is 414 g/mol. The number of carbonyl (C=O) groups excluding carboxylic acids is 1. The van der Waals surface area contributed by atoms with Crippen molar-refractivity contribution in [1.82, 2.24) is 18.8 Å². The van der Waals surface area contributed by atoms with Crippen LogP contribution in [0.5, 0.6) is 0 Å². The van der Waals surface area contributed by atoms with Gasteiger partial charge in [-0.3, -0.25) is 9.36 Å². The molecule has 0 aliphatic carbocycles. The largest absolute Gasteiger partial charge is 0.335 e. The molecule has 0 N–H and O–H groups in total. The van der Waals surface area contributed by atoms with E-state index in [9.17, 15) is 22.0 Å². The maximum absolute atomic E-state index is 13.2. The van der Waals surface area contributed by atoms with Gasteiger partial charge in [-0.25, -0.2) is 22.2 Å². The molecule has 0 spiro atoms. The van der Waals surface area contributed by atoms with E-state index in [2.05, 4.69) is 4.98 Å². The Balaban J connectivity index is 1.47. The van der Waals surface area contributed by atoms with Crippen LogP contribution in [0.25, 0.3) is 5.69 Å². The zero-order chi connectivity index (χ0) is 21.3. The average Bonchev–Trinajstić information content (AvgIpc) is 3.24. The number of carbonyl (C=O) groups is 1. The van der Waals surface area contributed by atoms with Crippen molar-refractivity contribution in [2.75, 3.05) is 26.2 Å². The van der Waals surface area contributed by atoms with E-state index in [1.54, 1.807) is 21.6 Å². The molecule has 1 fully saturated rings. The summed E-state index contributed by atoms with van der Waals surface area (Å²) in [5.41, 5.74) is 0.895. The Hall–Kier alpha value is -3.11. The molecule has 30 heavy (non-hydrogen) atoms. The quantitative estimate of drug-likeness (QED) is 0.634. The third kappa shape index (κ3) is 3.83. The van der Waals surface area contributed by atoms with Gasteiger partial charge in [-0.05, 0) is 48.5 Å². The summed E-state index contributed by atoms with van der Waals surface area (Å²) in [4.78, 5) is 18.6. The number of aromatic nitrogens is 2. The molecule has 0 bridgehead atoms. The van der Waals surface area contributed by atoms with Crippen LogP contribution < -0.4 is 0 Å². The van der Waals surface area contributed by atoms with Crippen LogP contribution in [0.2, 0.25) is 0 Å². The van der Waals surface area contributed by atoms with Crippen LogP contribution in [0.15, 0.2) is 66.0 Å². The summed E-state index contributed by atoms with van der Waals surface area (Å²) < 4.78 is 54.6. The molecule has 1 amide bonds. The molecule has 1 aliphatic rings. The van der Waals surface area contributed by atoms with E-state index in [1.165, 1.54) is 41.1 Å². The molecule has 10 heteroatoms. The molecule has 4 rings (SSSR count). The number of piperazine rings is 1. The fourth-order valence-electron chi connectivity index (χ4n) is 3.31. The van der Waals surface area contributed by atoms with Gasteiger partial charge in [0.1, 0.15) is 17.3 Å². The summed E-state index contributed by atoms with van der Waals surface area (Å²) in [5.74, 6) is -1.19. The summed E-state index contributed by atoms with van der Waals surface area (Å²) in [6.45, 7) is 0.647. The molecule has 1 aliphatic heterocycles. The van der Waals surface area contributed by atoms with Crippen molar-refractivity contribution in [2.45, 2.75) is 4.90 Å². The minimum Gasteiger partial charge on any atom is -0.335 e. The fraction of sp³-hybridized carbons (Fsp3) is 0.200. The van der Waals surface area contributed by atoms with Gasteiger partial charge in [0.2, 0.25) is 10.0 Å². The minimum absolute atomic E-state index is 0.0121. The van der Waals surface area contributed by atoms with Crippen LogP contribution in [0, 0.1) is 11.6 Å². The van der Waals surface area contributed by atoms with E-state index in [0.717, 1.165) is 12.1 Å². The van der Waals surface area contributed by atoms with Gasteiger partial charge in [0.15, 0.2) is 0 Å². The average molecular weight is 432 g/mol. The first kappa shape index (κ1) is 20.2. The van der Waals surface area contributed by atoms with Crippen LogP contribution >= 0.6 is 0 Å². The standard InChI is InChI=1S/C20H18F2N4O3S/c21-15-1-5-17(6-2-15)26-14-23-13-19(26)20(27)24-9-11-25(12-10-24)30(28,29)18-7-3-16(22)4-8-18/h1-8,13-14H,9-12H2. The van der Waals surface area contributed by atoms with Crippen molar-refractivity contribution in [3.63, 3.8) is 0 Å². The Morgan fingerprint density at radius 2 is 1.43 bits per heavy atom. The molecule has 0 atom stereocenters. The second kappa shape index (κ2) is 7.96. The van der Waals surface area contributed by atoms with Gasteiger partial charge in [-0.15, -0.1) is 0 Å². The summed E-state index contributed by atoms with van der Waals surface area (Å²) in [6, 6.07) is 10.3. The summed E-state index contributed by atoms with van der Waals surface area (Å²) in [7, 11) is -3.76. The predicted molar refractivity (Wildman–Crippen MR) is 105 cm³/mol. The number of rotatable bonds is 4. The minimum atomic E-state index is -3.76. The Morgan fingerprint density at radius 1 is 0.867 bits per heavy atom. The number of benzene rings is 2. The zero-order valence-electron chi connectivity index (χ0n) is 15.8. The third-order valence-electron chi connectivity index (χ3n) is 4.94. The van der Waals surface area contributed by atoms with Crippen molar-refractivity contribution < 1.29 is 22.0 Å². The number of nitrogens with zero attached hydrogens (tertiary/aromatic N) is 4. The highest BCUT2D eigenvalue weighted by molar-refractivity contribution is 7.89. The lowest BCUT2D eigenvalue weighted by Gasteiger charge is -2.34. The topological polar surface area (TPSA) is 75.5 Å². The van der Waals surface area contributed by atoms with Crippen molar-refractivity contribution in [3.05, 3.63) is 78.4 Å². The van der Waals surface area contributed by atoms with Gasteiger partial charge in [-0.2, -0.15) is 4.31 Å². The number of hydrogen-bond donors (Lipinski definition) is 0. The maximum atomic E-state index is 13.2. The molecule has 3 aromatic rings. The van der Waals surface area contributed by atoms with Crippen molar-refractivity contribution in [3.8, 4) is 5.69 Å². The molecule has 1 aromatic heterocycles. The highest BCUT2D eigenvalue weighted by atomic mass is 32.2. The second-order valence-corrected chi connectivity index (χ2v) is 8.71. The Labute approximate surface area is 172 Å². The van der Waals surface area contributed by atoms with Crippen molar-refractivity contribution in [2.24, 2.45) is 0 Å². The Morgan fingerprint density at radius 3 is 2.03 bits per heavy atom. The molecule has 2 heterocycles. The van der Waals surface area contributed by atoms with Gasteiger partial charge in [0.05, 0.1) is 17.4 Å². The fourth-order valence-corrected chi connectivity index (χ4v) is 4.73. The normalized spacial score (nSPS) is 15.3. The first-order chi connectivity index (χ1) is 14.4. The molecule has 7 nitrogen and oxygen atoms in total. The molecule has 156 valence electrons. The highest BCUT2D eigenvalue weighted by Crippen LogP contribution is 2.20. The zero-order valence-corrected chi connectivity index (χ0v) is 16.6. The molecule has 2 aromatic carbocycles. The molecule has 1 saturated heterocycles. The van der Waals surface area contributed by atoms with Crippen LogP contribution in [0.4, 0.5) is 8.78 Å². The Bertz CT molecular complexity index is 1150.